The van der Waals surface area contributed by atoms with Crippen molar-refractivity contribution in [2.75, 3.05) is 30.4 Å². The number of aromatic nitrogens is 4. The summed E-state index contributed by atoms with van der Waals surface area (Å²) in [6.07, 6.45) is 7.56. The minimum atomic E-state index is -0.622. The third-order valence-electron chi connectivity index (χ3n) is 9.99. The zero-order valence-corrected chi connectivity index (χ0v) is 27.1. The number of anilines is 3. The van der Waals surface area contributed by atoms with Gasteiger partial charge in [-0.25, -0.2) is 19.3 Å². The van der Waals surface area contributed by atoms with Crippen LogP contribution < -0.4 is 15.5 Å². The fourth-order valence-corrected chi connectivity index (χ4v) is 7.24. The van der Waals surface area contributed by atoms with Gasteiger partial charge in [0.05, 0.1) is 23.0 Å². The second-order valence-corrected chi connectivity index (χ2v) is 13.6. The quantitative estimate of drug-likeness (QED) is 0.261. The van der Waals surface area contributed by atoms with Crippen LogP contribution in [0.5, 0.6) is 0 Å². The smallest absolute Gasteiger partial charge is 0.269 e. The molecule has 1 aromatic carbocycles. The number of nitrogens with one attached hydrogen (secondary N) is 2. The molecular weight excluding hydrogens is 583 g/mol. The van der Waals surface area contributed by atoms with Crippen LogP contribution in [0, 0.1) is 5.82 Å². The van der Waals surface area contributed by atoms with E-state index in [4.69, 9.17) is 4.98 Å². The van der Waals surface area contributed by atoms with Crippen LogP contribution in [0.15, 0.2) is 42.7 Å². The molecule has 0 atom stereocenters. The average Bonchev–Trinajstić information content (AvgIpc) is 3.55. The maximum atomic E-state index is 15.0. The van der Waals surface area contributed by atoms with Gasteiger partial charge in [0, 0.05) is 36.4 Å². The molecule has 1 aliphatic carbocycles. The largest absolute Gasteiger partial charge is 0.354 e. The molecule has 0 unspecified atom stereocenters. The zero-order valence-electron chi connectivity index (χ0n) is 27.1. The summed E-state index contributed by atoms with van der Waals surface area (Å²) < 4.78 is 17.0. The summed E-state index contributed by atoms with van der Waals surface area (Å²) in [5.41, 5.74) is 4.26. The fourth-order valence-electron chi connectivity index (χ4n) is 7.24. The summed E-state index contributed by atoms with van der Waals surface area (Å²) >= 11 is 0. The molecule has 11 heteroatoms. The Morgan fingerprint density at radius 3 is 2.48 bits per heavy atom. The number of imidazole rings is 1. The zero-order chi connectivity index (χ0) is 32.3. The minimum Gasteiger partial charge on any atom is -0.354 e. The van der Waals surface area contributed by atoms with Gasteiger partial charge in [0.15, 0.2) is 17.5 Å². The van der Waals surface area contributed by atoms with Crippen molar-refractivity contribution in [3.05, 3.63) is 59.8 Å². The third-order valence-corrected chi connectivity index (χ3v) is 9.99. The van der Waals surface area contributed by atoms with E-state index in [9.17, 15) is 9.59 Å². The lowest BCUT2D eigenvalue weighted by Gasteiger charge is -2.48. The average molecular weight is 625 g/mol. The molecule has 0 spiro atoms. The number of amides is 2. The fraction of sp³-hybridized carbons (Fsp3) is 0.457. The highest BCUT2D eigenvalue weighted by molar-refractivity contribution is 6.09. The van der Waals surface area contributed by atoms with Gasteiger partial charge in [-0.1, -0.05) is 18.6 Å². The number of benzene rings is 1. The number of carbonyl (C=O) groups is 2. The van der Waals surface area contributed by atoms with Gasteiger partial charge in [0.1, 0.15) is 11.2 Å². The summed E-state index contributed by atoms with van der Waals surface area (Å²) in [6.45, 7) is 10.4. The highest BCUT2D eigenvalue weighted by Gasteiger charge is 2.50. The van der Waals surface area contributed by atoms with E-state index in [1.165, 1.54) is 38.4 Å². The second kappa shape index (κ2) is 11.5. The molecular formula is C35H41FN8O2. The van der Waals surface area contributed by atoms with Crippen molar-refractivity contribution in [3.8, 4) is 11.3 Å². The van der Waals surface area contributed by atoms with E-state index in [2.05, 4.69) is 31.6 Å². The van der Waals surface area contributed by atoms with Crippen LogP contribution in [0.4, 0.5) is 21.7 Å². The molecule has 2 N–H and O–H groups in total. The molecule has 240 valence electrons. The molecule has 10 nitrogen and oxygen atoms in total. The van der Waals surface area contributed by atoms with Crippen LogP contribution in [-0.4, -0.2) is 68.5 Å². The monoisotopic (exact) mass is 624 g/mol. The van der Waals surface area contributed by atoms with Crippen molar-refractivity contribution >= 4 is 40.2 Å². The van der Waals surface area contributed by atoms with Gasteiger partial charge in [0.25, 0.3) is 5.91 Å². The van der Waals surface area contributed by atoms with Crippen LogP contribution in [0.1, 0.15) is 81.9 Å². The highest BCUT2D eigenvalue weighted by Crippen LogP contribution is 2.48. The Morgan fingerprint density at radius 1 is 1.00 bits per heavy atom. The van der Waals surface area contributed by atoms with E-state index >= 15 is 4.39 Å². The number of piperidine rings is 1. The Kier molecular flexibility index (Phi) is 7.54. The first kappa shape index (κ1) is 30.3. The molecule has 4 aromatic rings. The van der Waals surface area contributed by atoms with E-state index < -0.39 is 17.1 Å². The minimum absolute atomic E-state index is 0.0613. The first-order chi connectivity index (χ1) is 22.1. The van der Waals surface area contributed by atoms with Crippen LogP contribution in [0.25, 0.3) is 22.3 Å². The number of hydrogen-bond acceptors (Lipinski definition) is 7. The highest BCUT2D eigenvalue weighted by atomic mass is 19.1. The van der Waals surface area contributed by atoms with Crippen LogP contribution in [-0.2, 0) is 10.2 Å². The van der Waals surface area contributed by atoms with Gasteiger partial charge < -0.3 is 25.0 Å². The SMILES string of the molecule is CNC(=O)c1ccc(F)c(Nc2nc(-c3ccc4c(c3)N(C3CC(N5CCCCC5)C3)C(=O)C4(C)C)cc3ncn(C(C)C)c23)n1. The number of halogens is 1. The summed E-state index contributed by atoms with van der Waals surface area (Å²) in [6, 6.07) is 11.4. The Labute approximate surface area is 268 Å². The lowest BCUT2D eigenvalue weighted by molar-refractivity contribution is -0.123. The van der Waals surface area contributed by atoms with E-state index in [1.54, 1.807) is 6.33 Å². The molecule has 3 aromatic heterocycles. The molecule has 1 saturated heterocycles. The molecule has 5 heterocycles. The summed E-state index contributed by atoms with van der Waals surface area (Å²) in [7, 11) is 1.50. The van der Waals surface area contributed by atoms with Gasteiger partial charge in [-0.2, -0.15) is 0 Å². The molecule has 7 rings (SSSR count). The van der Waals surface area contributed by atoms with Gasteiger partial charge in [-0.15, -0.1) is 0 Å². The predicted octanol–water partition coefficient (Wildman–Crippen LogP) is 5.96. The van der Waals surface area contributed by atoms with Crippen molar-refractivity contribution < 1.29 is 14.0 Å². The number of nitrogens with zero attached hydrogens (tertiary/aromatic N) is 6. The molecule has 2 aliphatic heterocycles. The Hall–Kier alpha value is -4.38. The first-order valence-corrected chi connectivity index (χ1v) is 16.3. The summed E-state index contributed by atoms with van der Waals surface area (Å²) in [4.78, 5) is 44.7. The molecule has 1 saturated carbocycles. The van der Waals surface area contributed by atoms with Gasteiger partial charge in [-0.05, 0) is 96.3 Å². The standard InChI is InChI=1S/C35H41FN8O2/c1-20(2)43-19-38-28-18-27(40-32(30(28)43)41-31-25(36)11-12-26(39-31)33(45)37-5)21-9-10-24-29(15-21)44(34(46)35(24,3)4)23-16-22(17-23)42-13-7-6-8-14-42/h9-12,15,18-20,22-23H,6-8,13-14,16-17H2,1-5H3,(H,37,45)(H,39,40,41). The Balaban J connectivity index is 1.27. The summed E-state index contributed by atoms with van der Waals surface area (Å²) in [5, 5.41) is 5.60. The maximum Gasteiger partial charge on any atom is 0.269 e. The molecule has 2 fully saturated rings. The van der Waals surface area contributed by atoms with Crippen molar-refractivity contribution in [1.82, 2.24) is 29.7 Å². The van der Waals surface area contributed by atoms with Crippen molar-refractivity contribution in [1.29, 1.82) is 0 Å². The molecule has 3 aliphatic rings. The van der Waals surface area contributed by atoms with E-state index in [1.807, 2.05) is 55.4 Å². The predicted molar refractivity (Wildman–Crippen MR) is 177 cm³/mol. The van der Waals surface area contributed by atoms with Crippen molar-refractivity contribution in [3.63, 3.8) is 0 Å². The van der Waals surface area contributed by atoms with E-state index in [0.717, 1.165) is 42.7 Å². The number of rotatable bonds is 7. The number of likely N-dealkylation sites (tertiary alicyclic amines) is 1. The number of hydrogen-bond donors (Lipinski definition) is 2. The number of carbonyl (C=O) groups excluding carboxylic acids is 2. The maximum absolute atomic E-state index is 15.0. The van der Waals surface area contributed by atoms with E-state index in [0.29, 0.717) is 28.6 Å². The third kappa shape index (κ3) is 5.01. The van der Waals surface area contributed by atoms with Crippen LogP contribution in [0.2, 0.25) is 0 Å². The summed E-state index contributed by atoms with van der Waals surface area (Å²) in [5.74, 6) is -0.627. The molecule has 0 bridgehead atoms. The topological polar surface area (TPSA) is 108 Å². The Bertz CT molecular complexity index is 1840. The van der Waals surface area contributed by atoms with Gasteiger partial charge in [0.2, 0.25) is 5.91 Å². The van der Waals surface area contributed by atoms with Gasteiger partial charge >= 0.3 is 0 Å². The molecule has 46 heavy (non-hydrogen) atoms. The molecule has 0 radical (unpaired) electrons. The Morgan fingerprint density at radius 2 is 1.76 bits per heavy atom. The van der Waals surface area contributed by atoms with Crippen LogP contribution in [0.3, 0.4) is 0 Å². The molecule has 2 amide bonds. The van der Waals surface area contributed by atoms with Crippen molar-refractivity contribution in [2.45, 2.75) is 83.3 Å². The van der Waals surface area contributed by atoms with Gasteiger partial charge in [-0.3, -0.25) is 9.59 Å². The number of fused-ring (bicyclic) bond motifs is 2. The lowest BCUT2D eigenvalue weighted by atomic mass is 9.82. The van der Waals surface area contributed by atoms with Crippen molar-refractivity contribution in [2.24, 2.45) is 0 Å². The van der Waals surface area contributed by atoms with E-state index in [-0.39, 0.29) is 29.5 Å². The lowest BCUT2D eigenvalue weighted by Crippen LogP contribution is -2.57. The second-order valence-electron chi connectivity index (χ2n) is 13.6. The first-order valence-electron chi connectivity index (χ1n) is 16.3. The van der Waals surface area contributed by atoms with Crippen LogP contribution >= 0.6 is 0 Å². The normalized spacial score (nSPS) is 21.0. The number of pyridine rings is 2.